The maximum absolute atomic E-state index is 5.49. The van der Waals surface area contributed by atoms with Gasteiger partial charge in [-0.25, -0.2) is 0 Å². The van der Waals surface area contributed by atoms with Crippen molar-refractivity contribution < 1.29 is 4.42 Å². The number of hydrogen-bond donors (Lipinski definition) is 1. The van der Waals surface area contributed by atoms with Crippen LogP contribution < -0.4 is 5.32 Å². The van der Waals surface area contributed by atoms with Gasteiger partial charge in [-0.3, -0.25) is 4.68 Å². The van der Waals surface area contributed by atoms with Crippen molar-refractivity contribution in [2.24, 2.45) is 0 Å². The molecule has 0 fully saturated rings. The summed E-state index contributed by atoms with van der Waals surface area (Å²) in [5, 5.41) is 7.63. The molecule has 92 valence electrons. The van der Waals surface area contributed by atoms with Crippen LogP contribution in [0.3, 0.4) is 0 Å². The third-order valence-corrected chi connectivity index (χ3v) is 3.00. The van der Waals surface area contributed by atoms with Gasteiger partial charge in [-0.05, 0) is 28.7 Å². The fourth-order valence-electron chi connectivity index (χ4n) is 1.56. The molecule has 0 saturated heterocycles. The molecule has 17 heavy (non-hydrogen) atoms. The number of aromatic nitrogens is 2. The van der Waals surface area contributed by atoms with Crippen LogP contribution in [-0.2, 0) is 13.1 Å². The van der Waals surface area contributed by atoms with E-state index in [0.717, 1.165) is 22.4 Å². The maximum Gasteiger partial charge on any atom is 0.122 e. The summed E-state index contributed by atoms with van der Waals surface area (Å²) in [6.07, 6.45) is 5.61. The average molecular weight is 345 g/mol. The minimum absolute atomic E-state index is 0.457. The normalized spacial score (nSPS) is 11.3. The molecule has 0 amide bonds. The molecule has 0 bridgehead atoms. The minimum atomic E-state index is 0.457. The van der Waals surface area contributed by atoms with E-state index in [4.69, 9.17) is 4.42 Å². The standard InChI is InChI=1S/C12H16IN3O/c1-9(2)14-6-12-10(3-4-17-12)7-16-8-11(13)5-15-16/h3-5,8-9,14H,6-7H2,1-2H3. The first-order valence-corrected chi connectivity index (χ1v) is 6.69. The van der Waals surface area contributed by atoms with Crippen LogP contribution in [0.15, 0.2) is 29.1 Å². The van der Waals surface area contributed by atoms with Gasteiger partial charge in [0.25, 0.3) is 0 Å². The highest BCUT2D eigenvalue weighted by Gasteiger charge is 2.08. The van der Waals surface area contributed by atoms with Crippen LogP contribution in [0.25, 0.3) is 0 Å². The van der Waals surface area contributed by atoms with E-state index in [1.165, 1.54) is 5.56 Å². The Labute approximate surface area is 115 Å². The van der Waals surface area contributed by atoms with E-state index < -0.39 is 0 Å². The Balaban J connectivity index is 2.03. The highest BCUT2D eigenvalue weighted by Crippen LogP contribution is 2.13. The molecule has 4 nitrogen and oxygen atoms in total. The summed E-state index contributed by atoms with van der Waals surface area (Å²) >= 11 is 2.26. The van der Waals surface area contributed by atoms with Crippen LogP contribution in [0.1, 0.15) is 25.2 Å². The summed E-state index contributed by atoms with van der Waals surface area (Å²) in [7, 11) is 0. The zero-order valence-corrected chi connectivity index (χ0v) is 12.1. The Morgan fingerprint density at radius 3 is 3.00 bits per heavy atom. The molecule has 0 saturated carbocycles. The quantitative estimate of drug-likeness (QED) is 0.848. The summed E-state index contributed by atoms with van der Waals surface area (Å²) in [4.78, 5) is 0. The third-order valence-electron chi connectivity index (χ3n) is 2.44. The van der Waals surface area contributed by atoms with Gasteiger partial charge in [0.05, 0.1) is 29.1 Å². The topological polar surface area (TPSA) is 43.0 Å². The van der Waals surface area contributed by atoms with Crippen LogP contribution in [0.4, 0.5) is 0 Å². The lowest BCUT2D eigenvalue weighted by Crippen LogP contribution is -2.22. The largest absolute Gasteiger partial charge is 0.468 e. The molecule has 0 radical (unpaired) electrons. The summed E-state index contributed by atoms with van der Waals surface area (Å²) in [5.74, 6) is 0.990. The lowest BCUT2D eigenvalue weighted by atomic mass is 10.2. The van der Waals surface area contributed by atoms with E-state index in [9.17, 15) is 0 Å². The van der Waals surface area contributed by atoms with Crippen LogP contribution in [0.2, 0.25) is 0 Å². The van der Waals surface area contributed by atoms with E-state index in [2.05, 4.69) is 46.9 Å². The number of furan rings is 1. The fourth-order valence-corrected chi connectivity index (χ4v) is 2.01. The van der Waals surface area contributed by atoms with E-state index in [-0.39, 0.29) is 0 Å². The first-order valence-electron chi connectivity index (χ1n) is 5.61. The molecular formula is C12H16IN3O. The number of nitrogens with one attached hydrogen (secondary N) is 1. The zero-order valence-electron chi connectivity index (χ0n) is 9.98. The first-order chi connectivity index (χ1) is 8.15. The van der Waals surface area contributed by atoms with E-state index >= 15 is 0 Å². The van der Waals surface area contributed by atoms with E-state index in [0.29, 0.717) is 6.04 Å². The molecule has 5 heteroatoms. The highest BCUT2D eigenvalue weighted by molar-refractivity contribution is 14.1. The van der Waals surface area contributed by atoms with Gasteiger partial charge in [0, 0.05) is 17.8 Å². The Bertz CT molecular complexity index is 476. The van der Waals surface area contributed by atoms with Crippen molar-refractivity contribution in [3.8, 4) is 0 Å². The van der Waals surface area contributed by atoms with Crippen molar-refractivity contribution >= 4 is 22.6 Å². The molecule has 2 heterocycles. The average Bonchev–Trinajstić information content (AvgIpc) is 2.86. The summed E-state index contributed by atoms with van der Waals surface area (Å²) in [5.41, 5.74) is 1.18. The number of halogens is 1. The summed E-state index contributed by atoms with van der Waals surface area (Å²) < 4.78 is 8.56. The molecule has 2 aromatic heterocycles. The molecule has 1 N–H and O–H groups in total. The van der Waals surface area contributed by atoms with Gasteiger partial charge in [-0.1, -0.05) is 13.8 Å². The number of rotatable bonds is 5. The van der Waals surface area contributed by atoms with Crippen LogP contribution in [0.5, 0.6) is 0 Å². The van der Waals surface area contributed by atoms with Gasteiger partial charge in [0.2, 0.25) is 0 Å². The van der Waals surface area contributed by atoms with Crippen molar-refractivity contribution in [3.63, 3.8) is 0 Å². The molecule has 0 spiro atoms. The lowest BCUT2D eigenvalue weighted by molar-refractivity contribution is 0.458. The molecule has 0 aliphatic heterocycles. The molecule has 2 rings (SSSR count). The predicted octanol–water partition coefficient (Wildman–Crippen LogP) is 2.63. The van der Waals surface area contributed by atoms with Crippen LogP contribution >= 0.6 is 22.6 Å². The molecule has 0 unspecified atom stereocenters. The zero-order chi connectivity index (χ0) is 12.3. The highest BCUT2D eigenvalue weighted by atomic mass is 127. The fraction of sp³-hybridized carbons (Fsp3) is 0.417. The van der Waals surface area contributed by atoms with E-state index in [1.807, 2.05) is 23.1 Å². The Kier molecular flexibility index (Phi) is 4.22. The van der Waals surface area contributed by atoms with Gasteiger partial charge in [0.1, 0.15) is 5.76 Å². The van der Waals surface area contributed by atoms with Crippen LogP contribution in [0, 0.1) is 3.57 Å². The Morgan fingerprint density at radius 2 is 2.35 bits per heavy atom. The van der Waals surface area contributed by atoms with Gasteiger partial charge in [0.15, 0.2) is 0 Å². The minimum Gasteiger partial charge on any atom is -0.468 e. The van der Waals surface area contributed by atoms with Gasteiger partial charge in [-0.15, -0.1) is 0 Å². The van der Waals surface area contributed by atoms with Crippen molar-refractivity contribution in [3.05, 3.63) is 39.6 Å². The Hall–Kier alpha value is -0.820. The Morgan fingerprint density at radius 1 is 1.53 bits per heavy atom. The smallest absolute Gasteiger partial charge is 0.122 e. The molecule has 0 aliphatic carbocycles. The molecule has 0 aromatic carbocycles. The van der Waals surface area contributed by atoms with Gasteiger partial charge >= 0.3 is 0 Å². The molecule has 2 aromatic rings. The van der Waals surface area contributed by atoms with Gasteiger partial charge in [-0.2, -0.15) is 5.10 Å². The summed E-state index contributed by atoms with van der Waals surface area (Å²) in [6.45, 7) is 5.77. The monoisotopic (exact) mass is 345 g/mol. The van der Waals surface area contributed by atoms with Crippen LogP contribution in [-0.4, -0.2) is 15.8 Å². The predicted molar refractivity (Wildman–Crippen MR) is 74.7 cm³/mol. The van der Waals surface area contributed by atoms with Gasteiger partial charge < -0.3 is 9.73 Å². The maximum atomic E-state index is 5.49. The number of nitrogens with zero attached hydrogens (tertiary/aromatic N) is 2. The van der Waals surface area contributed by atoms with Crippen molar-refractivity contribution in [2.75, 3.05) is 0 Å². The second-order valence-electron chi connectivity index (χ2n) is 4.26. The van der Waals surface area contributed by atoms with E-state index in [1.54, 1.807) is 6.26 Å². The first kappa shape index (κ1) is 12.6. The molecule has 0 atom stereocenters. The second kappa shape index (κ2) is 5.68. The summed E-state index contributed by atoms with van der Waals surface area (Å²) in [6, 6.07) is 2.46. The third kappa shape index (κ3) is 3.57. The second-order valence-corrected chi connectivity index (χ2v) is 5.51. The van der Waals surface area contributed by atoms with Crippen molar-refractivity contribution in [1.82, 2.24) is 15.1 Å². The lowest BCUT2D eigenvalue weighted by Gasteiger charge is -2.07. The SMILES string of the molecule is CC(C)NCc1occc1Cn1cc(I)cn1. The van der Waals surface area contributed by atoms with Crippen molar-refractivity contribution in [1.29, 1.82) is 0 Å². The number of hydrogen-bond acceptors (Lipinski definition) is 3. The molecule has 0 aliphatic rings. The molecular weight excluding hydrogens is 329 g/mol. The van der Waals surface area contributed by atoms with Crippen molar-refractivity contribution in [2.45, 2.75) is 33.0 Å².